The number of hydrogen-bond donors (Lipinski definition) is 0. The Morgan fingerprint density at radius 1 is 1.50 bits per heavy atom. The number of carbonyl (C=O) groups is 1. The molecule has 4 heteroatoms. The smallest absolute Gasteiger partial charge is 0.336 e. The summed E-state index contributed by atoms with van der Waals surface area (Å²) in [7, 11) is 0. The molecule has 3 nitrogen and oxygen atoms in total. The van der Waals surface area contributed by atoms with Crippen molar-refractivity contribution in [3.63, 3.8) is 0 Å². The molecule has 1 aromatic carbocycles. The van der Waals surface area contributed by atoms with Crippen LogP contribution in [0.3, 0.4) is 0 Å². The molecule has 0 aromatic heterocycles. The van der Waals surface area contributed by atoms with E-state index in [4.69, 9.17) is 10.00 Å². The van der Waals surface area contributed by atoms with Gasteiger partial charge in [-0.25, -0.2) is 4.79 Å². The first-order valence-corrected chi connectivity index (χ1v) is 5.76. The lowest BCUT2D eigenvalue weighted by Crippen LogP contribution is -2.31. The van der Waals surface area contributed by atoms with Crippen molar-refractivity contribution in [3.05, 3.63) is 30.3 Å². The summed E-state index contributed by atoms with van der Waals surface area (Å²) in [6, 6.07) is 11.3. The first-order valence-electron chi connectivity index (χ1n) is 4.95. The van der Waals surface area contributed by atoms with Crippen LogP contribution in [0.25, 0.3) is 0 Å². The summed E-state index contributed by atoms with van der Waals surface area (Å²) in [4.78, 5) is 12.5. The van der Waals surface area contributed by atoms with E-state index in [-0.39, 0.29) is 6.61 Å². The van der Waals surface area contributed by atoms with E-state index in [1.54, 1.807) is 13.8 Å². The van der Waals surface area contributed by atoms with Crippen molar-refractivity contribution in [2.24, 2.45) is 0 Å². The third-order valence-electron chi connectivity index (χ3n) is 1.94. The van der Waals surface area contributed by atoms with Crippen LogP contribution < -0.4 is 0 Å². The quantitative estimate of drug-likeness (QED) is 0.594. The summed E-state index contributed by atoms with van der Waals surface area (Å²) in [5.41, 5.74) is 0. The molecule has 0 spiro atoms. The fraction of sp³-hybridized carbons (Fsp3) is 0.333. The first kappa shape index (κ1) is 12.6. The molecule has 0 saturated heterocycles. The Kier molecular flexibility index (Phi) is 4.39. The fourth-order valence-corrected chi connectivity index (χ4v) is 2.06. The Bertz CT molecular complexity index is 399. The Hall–Kier alpha value is -1.47. The Balaban J connectivity index is 2.83. The number of ether oxygens (including phenoxy) is 1. The fourth-order valence-electron chi connectivity index (χ4n) is 1.10. The molecule has 1 aromatic rings. The third kappa shape index (κ3) is 3.01. The van der Waals surface area contributed by atoms with Gasteiger partial charge in [-0.15, -0.1) is 0 Å². The zero-order chi connectivity index (χ0) is 12.0. The highest BCUT2D eigenvalue weighted by molar-refractivity contribution is 8.01. The minimum absolute atomic E-state index is 0.283. The minimum atomic E-state index is -1.18. The second-order valence-electron chi connectivity index (χ2n) is 3.28. The van der Waals surface area contributed by atoms with Gasteiger partial charge in [-0.3, -0.25) is 0 Å². The lowest BCUT2D eigenvalue weighted by molar-refractivity contribution is -0.144. The molecule has 84 valence electrons. The van der Waals surface area contributed by atoms with E-state index in [1.165, 1.54) is 11.8 Å². The highest BCUT2D eigenvalue weighted by Gasteiger charge is 2.36. The Morgan fingerprint density at radius 3 is 2.62 bits per heavy atom. The van der Waals surface area contributed by atoms with Crippen LogP contribution in [0.5, 0.6) is 0 Å². The number of thioether (sulfide) groups is 1. The molecule has 1 atom stereocenters. The molecule has 16 heavy (non-hydrogen) atoms. The number of esters is 1. The monoisotopic (exact) mass is 235 g/mol. The van der Waals surface area contributed by atoms with E-state index in [1.807, 2.05) is 36.4 Å². The molecule has 0 aliphatic heterocycles. The highest BCUT2D eigenvalue weighted by atomic mass is 32.2. The van der Waals surface area contributed by atoms with Crippen LogP contribution in [0.1, 0.15) is 13.8 Å². The van der Waals surface area contributed by atoms with Crippen LogP contribution >= 0.6 is 11.8 Å². The van der Waals surface area contributed by atoms with Gasteiger partial charge >= 0.3 is 5.97 Å². The van der Waals surface area contributed by atoms with Gasteiger partial charge in [-0.05, 0) is 26.0 Å². The Morgan fingerprint density at radius 2 is 2.12 bits per heavy atom. The van der Waals surface area contributed by atoms with E-state index in [0.29, 0.717) is 0 Å². The lowest BCUT2D eigenvalue weighted by atomic mass is 10.2. The van der Waals surface area contributed by atoms with Crippen LogP contribution in [0, 0.1) is 11.3 Å². The molecule has 0 fully saturated rings. The number of nitriles is 1. The molecule has 0 N–H and O–H groups in total. The highest BCUT2D eigenvalue weighted by Crippen LogP contribution is 2.33. The number of benzene rings is 1. The van der Waals surface area contributed by atoms with Crippen LogP contribution in [0.4, 0.5) is 0 Å². The molecular weight excluding hydrogens is 222 g/mol. The number of rotatable bonds is 4. The van der Waals surface area contributed by atoms with Crippen molar-refractivity contribution in [3.8, 4) is 6.07 Å². The molecular formula is C12H13NO2S. The van der Waals surface area contributed by atoms with Gasteiger partial charge in [0.25, 0.3) is 0 Å². The van der Waals surface area contributed by atoms with Crippen LogP contribution in [0.15, 0.2) is 35.2 Å². The molecule has 0 saturated carbocycles. The van der Waals surface area contributed by atoms with Crippen molar-refractivity contribution < 1.29 is 9.53 Å². The summed E-state index contributed by atoms with van der Waals surface area (Å²) in [6.07, 6.45) is 0. The predicted molar refractivity (Wildman–Crippen MR) is 63.0 cm³/mol. The number of carbonyl (C=O) groups excluding carboxylic acids is 1. The molecule has 0 aliphatic rings. The number of hydrogen-bond acceptors (Lipinski definition) is 4. The summed E-state index contributed by atoms with van der Waals surface area (Å²) in [5, 5.41) is 9.07. The van der Waals surface area contributed by atoms with Crippen molar-refractivity contribution >= 4 is 17.7 Å². The summed E-state index contributed by atoms with van der Waals surface area (Å²) in [6.45, 7) is 3.58. The number of nitrogens with zero attached hydrogens (tertiary/aromatic N) is 1. The topological polar surface area (TPSA) is 50.1 Å². The normalized spacial score (nSPS) is 13.6. The summed E-state index contributed by atoms with van der Waals surface area (Å²) in [5.74, 6) is -0.494. The van der Waals surface area contributed by atoms with Gasteiger partial charge in [-0.1, -0.05) is 30.0 Å². The van der Waals surface area contributed by atoms with E-state index in [0.717, 1.165) is 4.90 Å². The van der Waals surface area contributed by atoms with Crippen LogP contribution in [-0.4, -0.2) is 17.3 Å². The second-order valence-corrected chi connectivity index (χ2v) is 4.77. The van der Waals surface area contributed by atoms with Gasteiger partial charge in [0.05, 0.1) is 12.7 Å². The zero-order valence-corrected chi connectivity index (χ0v) is 10.1. The molecule has 0 radical (unpaired) electrons. The molecule has 1 unspecified atom stereocenters. The summed E-state index contributed by atoms with van der Waals surface area (Å²) >= 11 is 1.20. The van der Waals surface area contributed by atoms with Gasteiger partial charge < -0.3 is 4.74 Å². The van der Waals surface area contributed by atoms with Crippen molar-refractivity contribution in [2.45, 2.75) is 23.5 Å². The van der Waals surface area contributed by atoms with Gasteiger partial charge in [0, 0.05) is 4.90 Å². The Labute approximate surface area is 99.4 Å². The van der Waals surface area contributed by atoms with Gasteiger partial charge in [0.2, 0.25) is 4.75 Å². The predicted octanol–water partition coefficient (Wildman–Crippen LogP) is 2.62. The van der Waals surface area contributed by atoms with Crippen molar-refractivity contribution in [1.82, 2.24) is 0 Å². The van der Waals surface area contributed by atoms with Gasteiger partial charge in [0.15, 0.2) is 0 Å². The maximum Gasteiger partial charge on any atom is 0.336 e. The SMILES string of the molecule is CCOC(=O)C(C)(C#N)Sc1ccccc1. The van der Waals surface area contributed by atoms with E-state index >= 15 is 0 Å². The van der Waals surface area contributed by atoms with Gasteiger partial charge in [0.1, 0.15) is 0 Å². The van der Waals surface area contributed by atoms with Crippen molar-refractivity contribution in [1.29, 1.82) is 5.26 Å². The molecule has 0 heterocycles. The molecule has 0 amide bonds. The maximum absolute atomic E-state index is 11.6. The first-order chi connectivity index (χ1) is 7.62. The lowest BCUT2D eigenvalue weighted by Gasteiger charge is -2.18. The average molecular weight is 235 g/mol. The maximum atomic E-state index is 11.6. The molecule has 0 bridgehead atoms. The van der Waals surface area contributed by atoms with Crippen molar-refractivity contribution in [2.75, 3.05) is 6.61 Å². The van der Waals surface area contributed by atoms with Crippen LogP contribution in [0.2, 0.25) is 0 Å². The second kappa shape index (κ2) is 5.57. The molecule has 1 rings (SSSR count). The minimum Gasteiger partial charge on any atom is -0.464 e. The zero-order valence-electron chi connectivity index (χ0n) is 9.27. The van der Waals surface area contributed by atoms with E-state index < -0.39 is 10.7 Å². The van der Waals surface area contributed by atoms with E-state index in [2.05, 4.69) is 0 Å². The summed E-state index contributed by atoms with van der Waals surface area (Å²) < 4.78 is 3.70. The third-order valence-corrected chi connectivity index (χ3v) is 3.12. The standard InChI is InChI=1S/C12H13NO2S/c1-3-15-11(14)12(2,9-13)16-10-7-5-4-6-8-10/h4-8H,3H2,1-2H3. The largest absolute Gasteiger partial charge is 0.464 e. The van der Waals surface area contributed by atoms with Gasteiger partial charge in [-0.2, -0.15) is 5.26 Å². The van der Waals surface area contributed by atoms with Crippen LogP contribution in [-0.2, 0) is 9.53 Å². The van der Waals surface area contributed by atoms with E-state index in [9.17, 15) is 4.79 Å². The average Bonchev–Trinajstić information content (AvgIpc) is 2.30. The molecule has 0 aliphatic carbocycles.